The lowest BCUT2D eigenvalue weighted by Crippen LogP contribution is -2.39. The number of benzene rings is 1. The van der Waals surface area contributed by atoms with Gasteiger partial charge < -0.3 is 16.0 Å². The molecule has 1 aromatic heterocycles. The Balaban J connectivity index is 1.79. The molecule has 21 heavy (non-hydrogen) atoms. The second-order valence-electron chi connectivity index (χ2n) is 6.60. The molecule has 0 bridgehead atoms. The Hall–Kier alpha value is -1.97. The Bertz CT molecular complexity index is 651. The molecule has 4 nitrogen and oxygen atoms in total. The average molecular weight is 285 g/mol. The first-order valence-corrected chi connectivity index (χ1v) is 7.70. The van der Waals surface area contributed by atoms with E-state index >= 15 is 0 Å². The van der Waals surface area contributed by atoms with Gasteiger partial charge in [-0.2, -0.15) is 0 Å². The van der Waals surface area contributed by atoms with Crippen LogP contribution in [0.15, 0.2) is 24.4 Å². The van der Waals surface area contributed by atoms with E-state index in [0.29, 0.717) is 23.1 Å². The van der Waals surface area contributed by atoms with Crippen molar-refractivity contribution in [2.75, 3.05) is 5.73 Å². The molecule has 2 aromatic rings. The monoisotopic (exact) mass is 285 g/mol. The number of carbonyl (C=O) groups excluding carboxylic acids is 1. The van der Waals surface area contributed by atoms with Crippen LogP contribution in [0.2, 0.25) is 0 Å². The Morgan fingerprint density at radius 3 is 2.67 bits per heavy atom. The number of H-pyrrole nitrogens is 1. The molecule has 2 unspecified atom stereocenters. The molecule has 0 spiro atoms. The van der Waals surface area contributed by atoms with Crippen molar-refractivity contribution < 1.29 is 4.79 Å². The van der Waals surface area contributed by atoms with E-state index < -0.39 is 0 Å². The van der Waals surface area contributed by atoms with Gasteiger partial charge in [-0.1, -0.05) is 13.8 Å². The molecule has 1 saturated carbocycles. The van der Waals surface area contributed by atoms with Crippen molar-refractivity contribution in [2.24, 2.45) is 11.8 Å². The summed E-state index contributed by atoms with van der Waals surface area (Å²) < 4.78 is 0. The standard InChI is InChI=1S/C17H23N3O/c1-10-5-11(2)7-13(6-10)20-17(21)15-9-19-16-4-3-12(18)8-14(15)16/h3-4,8-11,13,19H,5-7,18H2,1-2H3,(H,20,21). The molecule has 0 aliphatic heterocycles. The molecule has 0 radical (unpaired) electrons. The number of anilines is 1. The summed E-state index contributed by atoms with van der Waals surface area (Å²) in [4.78, 5) is 15.7. The van der Waals surface area contributed by atoms with Crippen LogP contribution in [0.4, 0.5) is 5.69 Å². The van der Waals surface area contributed by atoms with Crippen LogP contribution in [-0.4, -0.2) is 16.9 Å². The van der Waals surface area contributed by atoms with Gasteiger partial charge in [-0.15, -0.1) is 0 Å². The fourth-order valence-corrected chi connectivity index (χ4v) is 3.65. The Labute approximate surface area is 125 Å². The maximum atomic E-state index is 12.5. The first kappa shape index (κ1) is 14.0. The first-order valence-electron chi connectivity index (χ1n) is 7.70. The Morgan fingerprint density at radius 1 is 1.24 bits per heavy atom. The van der Waals surface area contributed by atoms with Crippen LogP contribution in [0.5, 0.6) is 0 Å². The number of amides is 1. The van der Waals surface area contributed by atoms with Crippen LogP contribution in [0.3, 0.4) is 0 Å². The lowest BCUT2D eigenvalue weighted by atomic mass is 9.80. The van der Waals surface area contributed by atoms with Gasteiger partial charge >= 0.3 is 0 Å². The third-order valence-electron chi connectivity index (χ3n) is 4.46. The maximum Gasteiger partial charge on any atom is 0.253 e. The molecule has 4 N–H and O–H groups in total. The molecule has 3 rings (SSSR count). The van der Waals surface area contributed by atoms with Crippen LogP contribution >= 0.6 is 0 Å². The van der Waals surface area contributed by atoms with Crippen molar-refractivity contribution in [2.45, 2.75) is 39.2 Å². The summed E-state index contributed by atoms with van der Waals surface area (Å²) in [6.07, 6.45) is 5.17. The largest absolute Gasteiger partial charge is 0.399 e. The van der Waals surface area contributed by atoms with Crippen LogP contribution in [0.25, 0.3) is 10.9 Å². The molecule has 1 fully saturated rings. The summed E-state index contributed by atoms with van der Waals surface area (Å²) in [7, 11) is 0. The van der Waals surface area contributed by atoms with Crippen molar-refractivity contribution in [3.63, 3.8) is 0 Å². The third-order valence-corrected chi connectivity index (χ3v) is 4.46. The molecule has 1 aliphatic carbocycles. The summed E-state index contributed by atoms with van der Waals surface area (Å²) in [5.74, 6) is 1.36. The quantitative estimate of drug-likeness (QED) is 0.741. The molecular weight excluding hydrogens is 262 g/mol. The van der Waals surface area contributed by atoms with Gasteiger partial charge in [0, 0.05) is 28.8 Å². The number of nitrogens with one attached hydrogen (secondary N) is 2. The number of hydrogen-bond donors (Lipinski definition) is 3. The molecule has 1 aromatic carbocycles. The number of aromatic nitrogens is 1. The number of hydrogen-bond acceptors (Lipinski definition) is 2. The van der Waals surface area contributed by atoms with Gasteiger partial charge in [0.05, 0.1) is 5.56 Å². The molecule has 1 aliphatic rings. The normalized spacial score (nSPS) is 25.9. The molecular formula is C17H23N3O. The van der Waals surface area contributed by atoms with Gasteiger partial charge in [-0.05, 0) is 49.3 Å². The topological polar surface area (TPSA) is 70.9 Å². The summed E-state index contributed by atoms with van der Waals surface area (Å²) in [5, 5.41) is 4.09. The maximum absolute atomic E-state index is 12.5. The minimum absolute atomic E-state index is 0.00171. The van der Waals surface area contributed by atoms with Crippen LogP contribution in [-0.2, 0) is 0 Å². The third kappa shape index (κ3) is 2.89. The predicted octanol–water partition coefficient (Wildman–Crippen LogP) is 3.30. The highest BCUT2D eigenvalue weighted by Gasteiger charge is 2.26. The van der Waals surface area contributed by atoms with Crippen LogP contribution in [0, 0.1) is 11.8 Å². The Kier molecular flexibility index (Phi) is 3.62. The number of nitrogen functional groups attached to an aromatic ring is 1. The lowest BCUT2D eigenvalue weighted by Gasteiger charge is -2.31. The zero-order valence-corrected chi connectivity index (χ0v) is 12.6. The van der Waals surface area contributed by atoms with Gasteiger partial charge in [0.25, 0.3) is 5.91 Å². The fraction of sp³-hybridized carbons (Fsp3) is 0.471. The number of nitrogens with two attached hydrogens (primary N) is 1. The molecule has 4 heteroatoms. The SMILES string of the molecule is CC1CC(C)CC(NC(=O)c2c[nH]c3ccc(N)cc23)C1. The van der Waals surface area contributed by atoms with E-state index in [1.165, 1.54) is 6.42 Å². The molecule has 112 valence electrons. The van der Waals surface area contributed by atoms with Crippen molar-refractivity contribution in [3.05, 3.63) is 30.0 Å². The minimum atomic E-state index is -0.00171. The molecule has 0 saturated heterocycles. The van der Waals surface area contributed by atoms with Gasteiger partial charge in [-0.3, -0.25) is 4.79 Å². The van der Waals surface area contributed by atoms with Gasteiger partial charge in [0.2, 0.25) is 0 Å². The van der Waals surface area contributed by atoms with Gasteiger partial charge in [0.1, 0.15) is 0 Å². The van der Waals surface area contributed by atoms with E-state index in [-0.39, 0.29) is 11.9 Å². The highest BCUT2D eigenvalue weighted by molar-refractivity contribution is 6.07. The second-order valence-corrected chi connectivity index (χ2v) is 6.60. The van der Waals surface area contributed by atoms with Gasteiger partial charge in [0.15, 0.2) is 0 Å². The Morgan fingerprint density at radius 2 is 1.95 bits per heavy atom. The van der Waals surface area contributed by atoms with E-state index in [1.54, 1.807) is 6.20 Å². The fourth-order valence-electron chi connectivity index (χ4n) is 3.65. The predicted molar refractivity (Wildman–Crippen MR) is 86.1 cm³/mol. The van der Waals surface area contributed by atoms with Crippen LogP contribution in [0.1, 0.15) is 43.5 Å². The number of rotatable bonds is 2. The van der Waals surface area contributed by atoms with E-state index in [4.69, 9.17) is 5.73 Å². The van der Waals surface area contributed by atoms with E-state index in [1.807, 2.05) is 18.2 Å². The zero-order chi connectivity index (χ0) is 15.0. The highest BCUT2D eigenvalue weighted by Crippen LogP contribution is 2.29. The number of aromatic amines is 1. The summed E-state index contributed by atoms with van der Waals surface area (Å²) in [5.41, 5.74) is 8.13. The summed E-state index contributed by atoms with van der Waals surface area (Å²) in [6, 6.07) is 5.88. The first-order chi connectivity index (χ1) is 10.0. The zero-order valence-electron chi connectivity index (χ0n) is 12.6. The second kappa shape index (κ2) is 5.43. The lowest BCUT2D eigenvalue weighted by molar-refractivity contribution is 0.0913. The van der Waals surface area contributed by atoms with E-state index in [9.17, 15) is 4.79 Å². The highest BCUT2D eigenvalue weighted by atomic mass is 16.1. The molecule has 1 amide bonds. The number of carbonyl (C=O) groups is 1. The molecule has 1 heterocycles. The van der Waals surface area contributed by atoms with Crippen molar-refractivity contribution in [1.82, 2.24) is 10.3 Å². The van der Waals surface area contributed by atoms with Gasteiger partial charge in [-0.25, -0.2) is 0 Å². The smallest absolute Gasteiger partial charge is 0.253 e. The van der Waals surface area contributed by atoms with Crippen molar-refractivity contribution in [3.8, 4) is 0 Å². The number of fused-ring (bicyclic) bond motifs is 1. The summed E-state index contributed by atoms with van der Waals surface area (Å²) in [6.45, 7) is 4.53. The average Bonchev–Trinajstić information content (AvgIpc) is 2.80. The van der Waals surface area contributed by atoms with Crippen LogP contribution < -0.4 is 11.1 Å². The summed E-state index contributed by atoms with van der Waals surface area (Å²) >= 11 is 0. The minimum Gasteiger partial charge on any atom is -0.399 e. The molecule has 2 atom stereocenters. The van der Waals surface area contributed by atoms with E-state index in [2.05, 4.69) is 24.1 Å². The van der Waals surface area contributed by atoms with Crippen molar-refractivity contribution in [1.29, 1.82) is 0 Å². The van der Waals surface area contributed by atoms with E-state index in [0.717, 1.165) is 23.7 Å². The van der Waals surface area contributed by atoms with Crippen molar-refractivity contribution >= 4 is 22.5 Å².